The van der Waals surface area contributed by atoms with Crippen LogP contribution in [0.15, 0.2) is 83.8 Å². The van der Waals surface area contributed by atoms with Crippen LogP contribution in [0.3, 0.4) is 0 Å². The molecule has 0 bridgehead atoms. The Morgan fingerprint density at radius 3 is 2.05 bits per heavy atom. The molecule has 2 nitrogen and oxygen atoms in total. The zero-order valence-electron chi connectivity index (χ0n) is 24.2. The summed E-state index contributed by atoms with van der Waals surface area (Å²) in [6, 6.07) is 25.1. The highest BCUT2D eigenvalue weighted by Crippen LogP contribution is 2.53. The number of nitrogens with zero attached hydrogens (tertiary/aromatic N) is 1. The number of fused-ring (bicyclic) bond motifs is 5. The van der Waals surface area contributed by atoms with Gasteiger partial charge in [0.1, 0.15) is 5.75 Å². The zero-order chi connectivity index (χ0) is 31.1. The normalized spacial score (nSPS) is 14.5. The van der Waals surface area contributed by atoms with Gasteiger partial charge in [-0.05, 0) is 71.6 Å². The van der Waals surface area contributed by atoms with Gasteiger partial charge in [-0.1, -0.05) is 61.3 Å². The highest BCUT2D eigenvalue weighted by atomic mass is 32.2. The molecule has 9 heteroatoms. The first-order valence-electron chi connectivity index (χ1n) is 14.0. The minimum absolute atomic E-state index is 0.351. The molecule has 2 heterocycles. The van der Waals surface area contributed by atoms with Crippen molar-refractivity contribution < 1.29 is 26.7 Å². The predicted octanol–water partition coefficient (Wildman–Crippen LogP) is 8.69. The van der Waals surface area contributed by atoms with Crippen molar-refractivity contribution in [3.63, 3.8) is 0 Å². The lowest BCUT2D eigenvalue weighted by atomic mass is 9.58. The zero-order valence-corrected chi connectivity index (χ0v) is 25.1. The van der Waals surface area contributed by atoms with Crippen molar-refractivity contribution in [2.45, 2.75) is 31.1 Å². The summed E-state index contributed by atoms with van der Waals surface area (Å²) in [5.74, 6) is -10.1. The maximum Gasteiger partial charge on any atom is 0.288 e. The summed E-state index contributed by atoms with van der Waals surface area (Å²) in [6.45, 7) is 6.40. The Labute approximate surface area is 256 Å². The van der Waals surface area contributed by atoms with Crippen LogP contribution in [0, 0.1) is 36.0 Å². The summed E-state index contributed by atoms with van der Waals surface area (Å²) in [5, 5.41) is 0. The van der Waals surface area contributed by atoms with Gasteiger partial charge in [-0.2, -0.15) is 11.6 Å². The largest absolute Gasteiger partial charge is 0.497 e. The smallest absolute Gasteiger partial charge is 0.288 e. The second-order valence-corrected chi connectivity index (χ2v) is 12.8. The van der Waals surface area contributed by atoms with Crippen molar-refractivity contribution in [3.8, 4) is 16.9 Å². The van der Waals surface area contributed by atoms with E-state index in [2.05, 4.69) is 43.9 Å². The lowest BCUT2D eigenvalue weighted by molar-refractivity contribution is 0.384. The number of halogens is 5. The fourth-order valence-corrected chi connectivity index (χ4v) is 7.80. The van der Waals surface area contributed by atoms with Gasteiger partial charge in [0.15, 0.2) is 29.1 Å². The summed E-state index contributed by atoms with van der Waals surface area (Å²) < 4.78 is 78.7. The summed E-state index contributed by atoms with van der Waals surface area (Å²) in [6.07, 6.45) is 0. The highest BCUT2D eigenvalue weighted by molar-refractivity contribution is 8.28. The number of anilines is 3. The molecule has 2 aliphatic heterocycles. The Kier molecular flexibility index (Phi) is 6.59. The Morgan fingerprint density at radius 1 is 0.705 bits per heavy atom. The van der Waals surface area contributed by atoms with E-state index in [4.69, 9.17) is 4.74 Å². The molecular formula is C35H25BF5NOS. The van der Waals surface area contributed by atoms with Crippen LogP contribution in [0.4, 0.5) is 39.0 Å². The highest BCUT2D eigenvalue weighted by Gasteiger charge is 2.40. The molecule has 5 aromatic carbocycles. The van der Waals surface area contributed by atoms with Gasteiger partial charge in [0.05, 0.1) is 18.5 Å². The van der Waals surface area contributed by atoms with Crippen molar-refractivity contribution >= 4 is 45.6 Å². The van der Waals surface area contributed by atoms with Crippen molar-refractivity contribution in [2.75, 3.05) is 12.0 Å². The molecule has 5 aromatic rings. The van der Waals surface area contributed by atoms with Gasteiger partial charge in [-0.25, -0.2) is 22.0 Å². The van der Waals surface area contributed by atoms with Gasteiger partial charge in [-0.15, -0.1) is 0 Å². The number of methoxy groups -OCH3 is 1. The van der Waals surface area contributed by atoms with Gasteiger partial charge < -0.3 is 9.64 Å². The van der Waals surface area contributed by atoms with Crippen LogP contribution in [0.5, 0.6) is 5.75 Å². The molecule has 0 atom stereocenters. The molecule has 0 aromatic heterocycles. The monoisotopic (exact) mass is 613 g/mol. The van der Waals surface area contributed by atoms with Crippen LogP contribution in [0.25, 0.3) is 11.1 Å². The van der Waals surface area contributed by atoms with Crippen molar-refractivity contribution in [1.29, 1.82) is 0 Å². The Morgan fingerprint density at radius 2 is 1.34 bits per heavy atom. The molecule has 7 rings (SSSR count). The van der Waals surface area contributed by atoms with Gasteiger partial charge in [0, 0.05) is 21.5 Å². The van der Waals surface area contributed by atoms with E-state index in [1.165, 1.54) is 0 Å². The van der Waals surface area contributed by atoms with Crippen LogP contribution < -0.4 is 20.6 Å². The summed E-state index contributed by atoms with van der Waals surface area (Å²) in [4.78, 5) is 2.82. The first-order chi connectivity index (χ1) is 21.0. The van der Waals surface area contributed by atoms with E-state index in [1.54, 1.807) is 25.3 Å². The Hall–Kier alpha value is -4.24. The van der Waals surface area contributed by atoms with Crippen LogP contribution >= 0.6 is 11.6 Å². The maximum atomic E-state index is 15.2. The number of aryl methyl sites for hydroxylation is 1. The molecule has 0 amide bonds. The quantitative estimate of drug-likeness (QED) is 0.0875. The number of benzene rings is 5. The molecule has 0 fully saturated rings. The van der Waals surface area contributed by atoms with Crippen molar-refractivity contribution in [3.05, 3.63) is 125 Å². The van der Waals surface area contributed by atoms with Crippen molar-refractivity contribution in [1.82, 2.24) is 0 Å². The van der Waals surface area contributed by atoms with E-state index < -0.39 is 40.5 Å². The Bertz CT molecular complexity index is 1980. The third kappa shape index (κ3) is 4.09. The molecule has 0 unspecified atom stereocenters. The molecule has 220 valence electrons. The van der Waals surface area contributed by atoms with E-state index >= 15 is 8.78 Å². The lowest BCUT2D eigenvalue weighted by Gasteiger charge is -2.42. The fraction of sp³-hybridized carbons (Fsp3) is 0.143. The molecule has 0 N–H and O–H groups in total. The van der Waals surface area contributed by atoms with E-state index in [0.29, 0.717) is 15.9 Å². The minimum Gasteiger partial charge on any atom is -0.497 e. The summed E-state index contributed by atoms with van der Waals surface area (Å²) in [5.41, 5.74) is 6.72. The summed E-state index contributed by atoms with van der Waals surface area (Å²) >= 11 is 1.07. The van der Waals surface area contributed by atoms with Gasteiger partial charge in [-0.3, -0.25) is 0 Å². The van der Waals surface area contributed by atoms with Crippen LogP contribution in [-0.4, -0.2) is 13.1 Å². The second-order valence-electron chi connectivity index (χ2n) is 11.6. The number of hydrogen-bond donors (Lipinski definition) is 0. The molecule has 0 radical (unpaired) electrons. The predicted molar refractivity (Wildman–Crippen MR) is 167 cm³/mol. The van der Waals surface area contributed by atoms with Crippen LogP contribution in [0.2, 0.25) is 0 Å². The molecule has 44 heavy (non-hydrogen) atoms. The average molecular weight is 613 g/mol. The van der Waals surface area contributed by atoms with Gasteiger partial charge in [0.25, 0.3) is 5.99 Å². The van der Waals surface area contributed by atoms with Crippen LogP contribution in [-0.2, 0) is 5.41 Å². The second kappa shape index (κ2) is 10.2. The molecule has 0 spiro atoms. The molecule has 0 aliphatic carbocycles. The minimum atomic E-state index is -2.17. The fourth-order valence-electron chi connectivity index (χ4n) is 6.43. The van der Waals surface area contributed by atoms with E-state index in [9.17, 15) is 13.2 Å². The topological polar surface area (TPSA) is 12.5 Å². The maximum absolute atomic E-state index is 15.2. The average Bonchev–Trinajstić information content (AvgIpc) is 3.03. The number of rotatable bonds is 3. The van der Waals surface area contributed by atoms with Gasteiger partial charge in [0.2, 0.25) is 0 Å². The van der Waals surface area contributed by atoms with Gasteiger partial charge >= 0.3 is 0 Å². The SMILES string of the molecule is COc1ccc2c(c1)C(C)(C)c1cc(C)ccc1N2c1ccc2c(c1)-c1ccccc1SB2c1c(F)c(F)c(F)c(F)c1F. The summed E-state index contributed by atoms with van der Waals surface area (Å²) in [7, 11) is 1.63. The van der Waals surface area contributed by atoms with E-state index in [0.717, 1.165) is 56.7 Å². The third-order valence-electron chi connectivity index (χ3n) is 8.69. The standard InChI is InChI=1S/C35H25BF5NOS/c1-18-9-13-26-23(15-18)35(2,3)24-17-20(43-4)11-14-27(24)42(26)19-10-12-25-22(16-19)21-7-5-6-8-28(21)44-36(25)29-30(37)32(39)34(41)33(40)31(29)38/h5-17H,1-4H3. The first kappa shape index (κ1) is 28.5. The number of ether oxygens (including phenoxy) is 1. The molecular weight excluding hydrogens is 588 g/mol. The molecule has 0 saturated heterocycles. The third-order valence-corrected chi connectivity index (χ3v) is 10.0. The molecule has 0 saturated carbocycles. The molecule has 2 aliphatic rings. The number of hydrogen-bond acceptors (Lipinski definition) is 3. The lowest BCUT2D eigenvalue weighted by Crippen LogP contribution is -2.47. The Balaban J connectivity index is 1.48. The van der Waals surface area contributed by atoms with E-state index in [1.807, 2.05) is 42.5 Å². The van der Waals surface area contributed by atoms with E-state index in [-0.39, 0.29) is 5.41 Å². The van der Waals surface area contributed by atoms with Crippen molar-refractivity contribution in [2.24, 2.45) is 0 Å². The first-order valence-corrected chi connectivity index (χ1v) is 14.9. The van der Waals surface area contributed by atoms with Crippen LogP contribution in [0.1, 0.15) is 30.5 Å².